The van der Waals surface area contributed by atoms with Gasteiger partial charge in [0.2, 0.25) is 0 Å². The molecule has 2 nitrogen and oxygen atoms in total. The molecular formula is C13H23NO. The lowest BCUT2D eigenvalue weighted by atomic mass is 10.1. The second-order valence-electron chi connectivity index (χ2n) is 4.85. The van der Waals surface area contributed by atoms with Gasteiger partial charge >= 0.3 is 0 Å². The zero-order valence-corrected chi connectivity index (χ0v) is 10.4. The quantitative estimate of drug-likeness (QED) is 0.648. The molecule has 15 heavy (non-hydrogen) atoms. The molecule has 86 valence electrons. The van der Waals surface area contributed by atoms with E-state index in [1.54, 1.807) is 0 Å². The van der Waals surface area contributed by atoms with Gasteiger partial charge in [-0.2, -0.15) is 0 Å². The van der Waals surface area contributed by atoms with Crippen molar-refractivity contribution in [1.82, 2.24) is 4.90 Å². The maximum absolute atomic E-state index is 5.53. The lowest BCUT2D eigenvalue weighted by Gasteiger charge is -2.33. The van der Waals surface area contributed by atoms with Gasteiger partial charge in [0, 0.05) is 25.0 Å². The molecule has 0 amide bonds. The van der Waals surface area contributed by atoms with Gasteiger partial charge in [0.05, 0.1) is 0 Å². The molecule has 0 N–H and O–H groups in total. The largest absolute Gasteiger partial charge is 0.443 e. The first kappa shape index (κ1) is 12.4. The van der Waals surface area contributed by atoms with Crippen LogP contribution in [-0.4, -0.2) is 30.1 Å². The second-order valence-corrected chi connectivity index (χ2v) is 4.85. The molecule has 0 bridgehead atoms. The van der Waals surface area contributed by atoms with Gasteiger partial charge in [-0.05, 0) is 26.7 Å². The summed E-state index contributed by atoms with van der Waals surface area (Å²) in [4.78, 5) is 2.50. The van der Waals surface area contributed by atoms with Crippen molar-refractivity contribution in [1.29, 1.82) is 0 Å². The van der Waals surface area contributed by atoms with E-state index in [4.69, 9.17) is 4.74 Å². The third-order valence-corrected chi connectivity index (χ3v) is 2.78. The molecule has 1 heterocycles. The molecule has 1 aliphatic rings. The predicted octanol–water partition coefficient (Wildman–Crippen LogP) is 2.49. The molecule has 0 atom stereocenters. The smallest absolute Gasteiger partial charge is 0.113 e. The molecule has 0 radical (unpaired) electrons. The number of rotatable bonds is 2. The van der Waals surface area contributed by atoms with E-state index in [1.165, 1.54) is 0 Å². The Kier molecular flexibility index (Phi) is 4.98. The van der Waals surface area contributed by atoms with Gasteiger partial charge < -0.3 is 9.64 Å². The van der Waals surface area contributed by atoms with Crippen molar-refractivity contribution in [3.8, 4) is 12.0 Å². The summed E-state index contributed by atoms with van der Waals surface area (Å²) in [6.07, 6.45) is 5.42. The first-order valence-electron chi connectivity index (χ1n) is 6.00. The Labute approximate surface area is 94.0 Å². The van der Waals surface area contributed by atoms with Crippen molar-refractivity contribution in [3.05, 3.63) is 0 Å². The van der Waals surface area contributed by atoms with Crippen LogP contribution < -0.4 is 0 Å². The SMILES string of the molecule is CC(C)C#COC1CCN(C(C)C)CC1. The Bertz CT molecular complexity index is 229. The number of piperidine rings is 1. The fraction of sp³-hybridized carbons (Fsp3) is 0.846. The number of nitrogens with zero attached hydrogens (tertiary/aromatic N) is 1. The Morgan fingerprint density at radius 1 is 1.13 bits per heavy atom. The highest BCUT2D eigenvalue weighted by molar-refractivity contribution is 4.95. The molecule has 0 aromatic carbocycles. The molecule has 1 fully saturated rings. The first-order valence-corrected chi connectivity index (χ1v) is 6.00. The summed E-state index contributed by atoms with van der Waals surface area (Å²) < 4.78 is 5.53. The monoisotopic (exact) mass is 209 g/mol. The van der Waals surface area contributed by atoms with Crippen molar-refractivity contribution in [2.75, 3.05) is 13.1 Å². The molecular weight excluding hydrogens is 186 g/mol. The highest BCUT2D eigenvalue weighted by Crippen LogP contribution is 2.15. The lowest BCUT2D eigenvalue weighted by Crippen LogP contribution is -2.40. The standard InChI is InChI=1S/C13H23NO/c1-11(2)7-10-15-13-5-8-14(9-6-13)12(3)4/h11-13H,5-6,8-9H2,1-4H3. The zero-order valence-electron chi connectivity index (χ0n) is 10.4. The van der Waals surface area contributed by atoms with Crippen molar-refractivity contribution < 1.29 is 4.74 Å². The maximum atomic E-state index is 5.53. The number of likely N-dealkylation sites (tertiary alicyclic amines) is 1. The van der Waals surface area contributed by atoms with Crippen LogP contribution in [0.3, 0.4) is 0 Å². The van der Waals surface area contributed by atoms with E-state index in [-0.39, 0.29) is 0 Å². The summed E-state index contributed by atoms with van der Waals surface area (Å²) in [7, 11) is 0. The summed E-state index contributed by atoms with van der Waals surface area (Å²) >= 11 is 0. The Morgan fingerprint density at radius 3 is 2.20 bits per heavy atom. The molecule has 0 saturated carbocycles. The minimum atomic E-state index is 0.353. The third-order valence-electron chi connectivity index (χ3n) is 2.78. The van der Waals surface area contributed by atoms with Crippen LogP contribution in [0.15, 0.2) is 0 Å². The third kappa shape index (κ3) is 4.57. The van der Waals surface area contributed by atoms with Gasteiger partial charge in [-0.1, -0.05) is 19.8 Å². The predicted molar refractivity (Wildman–Crippen MR) is 63.4 cm³/mol. The van der Waals surface area contributed by atoms with Crippen LogP contribution in [0.4, 0.5) is 0 Å². The van der Waals surface area contributed by atoms with E-state index in [2.05, 4.69) is 44.6 Å². The lowest BCUT2D eigenvalue weighted by molar-refractivity contribution is 0.0662. The van der Waals surface area contributed by atoms with Gasteiger partial charge in [0.25, 0.3) is 0 Å². The molecule has 1 aliphatic heterocycles. The second kappa shape index (κ2) is 6.02. The topological polar surface area (TPSA) is 12.5 Å². The van der Waals surface area contributed by atoms with Crippen LogP contribution in [0, 0.1) is 17.9 Å². The van der Waals surface area contributed by atoms with Crippen molar-refractivity contribution in [2.45, 2.75) is 52.7 Å². The van der Waals surface area contributed by atoms with Gasteiger partial charge in [-0.25, -0.2) is 0 Å². The molecule has 2 heteroatoms. The zero-order chi connectivity index (χ0) is 11.3. The van der Waals surface area contributed by atoms with E-state index in [0.717, 1.165) is 25.9 Å². The number of ether oxygens (including phenoxy) is 1. The summed E-state index contributed by atoms with van der Waals surface area (Å²) in [6.45, 7) is 11.0. The van der Waals surface area contributed by atoms with Crippen molar-refractivity contribution >= 4 is 0 Å². The Balaban J connectivity index is 2.24. The minimum Gasteiger partial charge on any atom is -0.443 e. The molecule has 0 aliphatic carbocycles. The van der Waals surface area contributed by atoms with Crippen LogP contribution in [0.2, 0.25) is 0 Å². The van der Waals surface area contributed by atoms with E-state index >= 15 is 0 Å². The molecule has 1 saturated heterocycles. The summed E-state index contributed by atoms with van der Waals surface area (Å²) in [5, 5.41) is 0. The summed E-state index contributed by atoms with van der Waals surface area (Å²) in [5.41, 5.74) is 0. The normalized spacial score (nSPS) is 19.1. The van der Waals surface area contributed by atoms with Crippen LogP contribution in [0.5, 0.6) is 0 Å². The molecule has 1 rings (SSSR count). The van der Waals surface area contributed by atoms with Crippen LogP contribution >= 0.6 is 0 Å². The number of hydrogen-bond donors (Lipinski definition) is 0. The van der Waals surface area contributed by atoms with Crippen molar-refractivity contribution in [3.63, 3.8) is 0 Å². The van der Waals surface area contributed by atoms with Gasteiger partial charge in [-0.3, -0.25) is 0 Å². The van der Waals surface area contributed by atoms with E-state index in [0.29, 0.717) is 18.1 Å². The highest BCUT2D eigenvalue weighted by Gasteiger charge is 2.21. The summed E-state index contributed by atoms with van der Waals surface area (Å²) in [6, 6.07) is 0.660. The molecule has 0 spiro atoms. The number of hydrogen-bond acceptors (Lipinski definition) is 2. The fourth-order valence-corrected chi connectivity index (χ4v) is 1.75. The molecule has 0 aromatic heterocycles. The van der Waals surface area contributed by atoms with Gasteiger partial charge in [0.1, 0.15) is 12.2 Å². The van der Waals surface area contributed by atoms with E-state index < -0.39 is 0 Å². The van der Waals surface area contributed by atoms with Crippen molar-refractivity contribution in [2.24, 2.45) is 5.92 Å². The maximum Gasteiger partial charge on any atom is 0.113 e. The van der Waals surface area contributed by atoms with Gasteiger partial charge in [-0.15, -0.1) is 0 Å². The minimum absolute atomic E-state index is 0.353. The molecule has 0 unspecified atom stereocenters. The van der Waals surface area contributed by atoms with Crippen LogP contribution in [-0.2, 0) is 4.74 Å². The Morgan fingerprint density at radius 2 is 1.73 bits per heavy atom. The Hall–Kier alpha value is -0.680. The fourth-order valence-electron chi connectivity index (χ4n) is 1.75. The average molecular weight is 209 g/mol. The van der Waals surface area contributed by atoms with Gasteiger partial charge in [0.15, 0.2) is 0 Å². The van der Waals surface area contributed by atoms with E-state index in [1.807, 2.05) is 0 Å². The highest BCUT2D eigenvalue weighted by atomic mass is 16.5. The average Bonchev–Trinajstić information content (AvgIpc) is 2.18. The molecule has 0 aromatic rings. The van der Waals surface area contributed by atoms with Crippen LogP contribution in [0.25, 0.3) is 0 Å². The van der Waals surface area contributed by atoms with E-state index in [9.17, 15) is 0 Å². The first-order chi connectivity index (χ1) is 7.09. The van der Waals surface area contributed by atoms with Crippen LogP contribution in [0.1, 0.15) is 40.5 Å². The summed E-state index contributed by atoms with van der Waals surface area (Å²) in [5.74, 6) is 3.44.